The normalized spacial score (nSPS) is 18.8. The van der Waals surface area contributed by atoms with Crippen molar-refractivity contribution in [2.75, 3.05) is 41.5 Å². The zero-order valence-corrected chi connectivity index (χ0v) is 19.2. The van der Waals surface area contributed by atoms with Gasteiger partial charge in [0.15, 0.2) is 0 Å². The zero-order chi connectivity index (χ0) is 23.3. The third kappa shape index (κ3) is 4.94. The average molecular weight is 439 g/mol. The highest BCUT2D eigenvalue weighted by molar-refractivity contribution is 5.89. The topological polar surface area (TPSA) is 68.3 Å². The fourth-order valence-corrected chi connectivity index (χ4v) is 3.87. The van der Waals surface area contributed by atoms with E-state index in [4.69, 9.17) is 14.2 Å². The van der Waals surface area contributed by atoms with Crippen LogP contribution in [0.4, 0.5) is 0 Å². The lowest BCUT2D eigenvalue weighted by Gasteiger charge is -2.42. The number of benzene rings is 2. The van der Waals surface area contributed by atoms with Crippen molar-refractivity contribution < 1.29 is 23.8 Å². The number of hydrogen-bond donors (Lipinski definition) is 0. The first-order valence-corrected chi connectivity index (χ1v) is 10.5. The van der Waals surface area contributed by atoms with Crippen LogP contribution < -0.4 is 9.47 Å². The summed E-state index contributed by atoms with van der Waals surface area (Å²) in [5, 5.41) is 0. The zero-order valence-electron chi connectivity index (χ0n) is 19.2. The molecule has 0 aliphatic carbocycles. The molecule has 0 saturated carbocycles. The Kier molecular flexibility index (Phi) is 7.53. The molecule has 0 spiro atoms. The molecule has 2 aromatic carbocycles. The molecule has 0 bridgehead atoms. The molecule has 1 amide bonds. The van der Waals surface area contributed by atoms with E-state index in [1.54, 1.807) is 28.2 Å². The Morgan fingerprint density at radius 2 is 1.47 bits per heavy atom. The Morgan fingerprint density at radius 1 is 0.969 bits per heavy atom. The van der Waals surface area contributed by atoms with Crippen LogP contribution in [-0.4, -0.2) is 75.2 Å². The van der Waals surface area contributed by atoms with Gasteiger partial charge in [0.2, 0.25) is 5.91 Å². The van der Waals surface area contributed by atoms with Gasteiger partial charge in [-0.3, -0.25) is 9.69 Å². The Morgan fingerprint density at radius 3 is 1.91 bits per heavy atom. The lowest BCUT2D eigenvalue weighted by molar-refractivity contribution is -0.160. The number of carbonyl (C=O) groups excluding carboxylic acids is 2. The molecule has 7 nitrogen and oxygen atoms in total. The maximum atomic E-state index is 12.8. The van der Waals surface area contributed by atoms with Gasteiger partial charge < -0.3 is 19.1 Å². The van der Waals surface area contributed by atoms with Crippen molar-refractivity contribution in [3.05, 3.63) is 65.7 Å². The monoisotopic (exact) mass is 438 g/mol. The van der Waals surface area contributed by atoms with Crippen LogP contribution in [0, 0.1) is 0 Å². The van der Waals surface area contributed by atoms with Crippen LogP contribution in [0.15, 0.2) is 54.6 Å². The lowest BCUT2D eigenvalue weighted by Crippen LogP contribution is -2.62. The summed E-state index contributed by atoms with van der Waals surface area (Å²) in [4.78, 5) is 28.7. The number of ether oxygens (including phenoxy) is 3. The molecule has 2 aromatic rings. The molecule has 170 valence electrons. The van der Waals surface area contributed by atoms with Crippen LogP contribution in [0.1, 0.15) is 18.1 Å². The van der Waals surface area contributed by atoms with Crippen molar-refractivity contribution in [2.24, 2.45) is 0 Å². The van der Waals surface area contributed by atoms with E-state index < -0.39 is 12.0 Å². The number of rotatable bonds is 7. The summed E-state index contributed by atoms with van der Waals surface area (Å²) < 4.78 is 15.9. The number of esters is 1. The van der Waals surface area contributed by atoms with E-state index in [0.29, 0.717) is 0 Å². The SMILES string of the molecule is CCOC(=O)[C@@H]1[C@@H](C=C(c2ccc(OC)cc2)c2ccc(OC)cc2)N(C)CC(=O)N1C. The summed E-state index contributed by atoms with van der Waals surface area (Å²) in [6.07, 6.45) is 2.04. The molecule has 3 rings (SSSR count). The van der Waals surface area contributed by atoms with Gasteiger partial charge in [-0.2, -0.15) is 0 Å². The number of hydrogen-bond acceptors (Lipinski definition) is 6. The predicted molar refractivity (Wildman–Crippen MR) is 123 cm³/mol. The van der Waals surface area contributed by atoms with Crippen LogP contribution in [0.25, 0.3) is 5.57 Å². The quantitative estimate of drug-likeness (QED) is 0.620. The summed E-state index contributed by atoms with van der Waals surface area (Å²) >= 11 is 0. The van der Waals surface area contributed by atoms with E-state index in [2.05, 4.69) is 0 Å². The minimum absolute atomic E-state index is 0.120. The van der Waals surface area contributed by atoms with E-state index in [-0.39, 0.29) is 25.1 Å². The van der Waals surface area contributed by atoms with Crippen LogP contribution in [0.2, 0.25) is 0 Å². The number of carbonyl (C=O) groups is 2. The molecular weight excluding hydrogens is 408 g/mol. The minimum atomic E-state index is -0.743. The molecule has 0 aromatic heterocycles. The number of amides is 1. The molecule has 2 atom stereocenters. The maximum absolute atomic E-state index is 12.8. The fourth-order valence-electron chi connectivity index (χ4n) is 3.87. The molecule has 1 heterocycles. The third-order valence-electron chi connectivity index (χ3n) is 5.70. The van der Waals surface area contributed by atoms with E-state index >= 15 is 0 Å². The van der Waals surface area contributed by atoms with Gasteiger partial charge in [0.05, 0.1) is 33.4 Å². The van der Waals surface area contributed by atoms with E-state index in [1.165, 1.54) is 4.90 Å². The van der Waals surface area contributed by atoms with Gasteiger partial charge in [0, 0.05) is 7.05 Å². The van der Waals surface area contributed by atoms with Gasteiger partial charge in [0.25, 0.3) is 0 Å². The highest BCUT2D eigenvalue weighted by atomic mass is 16.5. The molecule has 1 fully saturated rings. The standard InChI is InChI=1S/C25H30N2O5/c1-6-32-25(29)24-22(26(2)16-23(28)27(24)3)15-21(17-7-11-19(30-4)12-8-17)18-9-13-20(31-5)14-10-18/h7-15,22,24H,6,16H2,1-5H3/t22-,24+/m1/s1. The van der Waals surface area contributed by atoms with E-state index in [0.717, 1.165) is 28.2 Å². The van der Waals surface area contributed by atoms with Gasteiger partial charge >= 0.3 is 5.97 Å². The Hall–Kier alpha value is -3.32. The van der Waals surface area contributed by atoms with Gasteiger partial charge in [-0.15, -0.1) is 0 Å². The second-order valence-corrected chi connectivity index (χ2v) is 7.64. The highest BCUT2D eigenvalue weighted by Crippen LogP contribution is 2.30. The van der Waals surface area contributed by atoms with Crippen LogP contribution in [0.3, 0.4) is 0 Å². The summed E-state index contributed by atoms with van der Waals surface area (Å²) in [5.74, 6) is 0.977. The summed E-state index contributed by atoms with van der Waals surface area (Å²) in [5.41, 5.74) is 2.86. The molecule has 32 heavy (non-hydrogen) atoms. The van der Waals surface area contributed by atoms with Crippen LogP contribution >= 0.6 is 0 Å². The molecular formula is C25H30N2O5. The first-order chi connectivity index (χ1) is 15.4. The van der Waals surface area contributed by atoms with Crippen molar-refractivity contribution in [2.45, 2.75) is 19.0 Å². The smallest absolute Gasteiger partial charge is 0.330 e. The fraction of sp³-hybridized carbons (Fsp3) is 0.360. The van der Waals surface area contributed by atoms with Crippen LogP contribution in [-0.2, 0) is 14.3 Å². The molecule has 7 heteroatoms. The summed E-state index contributed by atoms with van der Waals surface area (Å²) in [6.45, 7) is 2.23. The molecule has 1 saturated heterocycles. The minimum Gasteiger partial charge on any atom is -0.497 e. The van der Waals surface area contributed by atoms with Gasteiger partial charge in [0.1, 0.15) is 17.5 Å². The Bertz CT molecular complexity index is 919. The largest absolute Gasteiger partial charge is 0.497 e. The Labute approximate surface area is 189 Å². The number of piperazine rings is 1. The third-order valence-corrected chi connectivity index (χ3v) is 5.70. The van der Waals surface area contributed by atoms with E-state index in [1.807, 2.05) is 66.6 Å². The Balaban J connectivity index is 2.12. The van der Waals surface area contributed by atoms with Gasteiger partial charge in [-0.05, 0) is 54.9 Å². The van der Waals surface area contributed by atoms with Crippen molar-refractivity contribution >= 4 is 17.4 Å². The number of likely N-dealkylation sites (N-methyl/N-ethyl adjacent to an activating group) is 2. The highest BCUT2D eigenvalue weighted by Gasteiger charge is 2.41. The van der Waals surface area contributed by atoms with E-state index in [9.17, 15) is 9.59 Å². The molecule has 0 unspecified atom stereocenters. The molecule has 1 aliphatic rings. The predicted octanol–water partition coefficient (Wildman–Crippen LogP) is 2.84. The van der Waals surface area contributed by atoms with Crippen LogP contribution in [0.5, 0.6) is 11.5 Å². The van der Waals surface area contributed by atoms with Gasteiger partial charge in [-0.1, -0.05) is 30.3 Å². The van der Waals surface area contributed by atoms with Crippen molar-refractivity contribution in [1.29, 1.82) is 0 Å². The maximum Gasteiger partial charge on any atom is 0.330 e. The number of nitrogens with zero attached hydrogens (tertiary/aromatic N) is 2. The summed E-state index contributed by atoms with van der Waals surface area (Å²) in [6, 6.07) is 14.4. The van der Waals surface area contributed by atoms with Crippen molar-refractivity contribution in [3.63, 3.8) is 0 Å². The molecule has 0 radical (unpaired) electrons. The van der Waals surface area contributed by atoms with Gasteiger partial charge in [-0.25, -0.2) is 4.79 Å². The molecule has 0 N–H and O–H groups in total. The second kappa shape index (κ2) is 10.3. The average Bonchev–Trinajstić information content (AvgIpc) is 2.81. The first-order valence-electron chi connectivity index (χ1n) is 10.5. The number of methoxy groups -OCH3 is 2. The van der Waals surface area contributed by atoms with Crippen molar-refractivity contribution in [1.82, 2.24) is 9.80 Å². The summed E-state index contributed by atoms with van der Waals surface area (Å²) in [7, 11) is 6.75. The van der Waals surface area contributed by atoms with Crippen molar-refractivity contribution in [3.8, 4) is 11.5 Å². The molecule has 1 aliphatic heterocycles. The first kappa shape index (κ1) is 23.3. The lowest BCUT2D eigenvalue weighted by atomic mass is 9.92. The second-order valence-electron chi connectivity index (χ2n) is 7.64.